The van der Waals surface area contributed by atoms with Crippen molar-refractivity contribution in [2.24, 2.45) is 5.41 Å². The van der Waals surface area contributed by atoms with Gasteiger partial charge in [-0.25, -0.2) is 4.79 Å². The number of nitrogens with zero attached hydrogens (tertiary/aromatic N) is 1. The Labute approximate surface area is 225 Å². The van der Waals surface area contributed by atoms with Gasteiger partial charge in [0.25, 0.3) is 0 Å². The lowest BCUT2D eigenvalue weighted by Gasteiger charge is -2.36. The Hall–Kier alpha value is -4.59. The number of esters is 1. The summed E-state index contributed by atoms with van der Waals surface area (Å²) in [5.74, 6) is -1.09. The Morgan fingerprint density at radius 3 is 1.97 bits per heavy atom. The number of anilines is 1. The average Bonchev–Trinajstić information content (AvgIpc) is 3.42. The third-order valence-corrected chi connectivity index (χ3v) is 8.20. The van der Waals surface area contributed by atoms with Crippen molar-refractivity contribution >= 4 is 29.3 Å². The van der Waals surface area contributed by atoms with Crippen LogP contribution in [-0.2, 0) is 9.53 Å². The summed E-state index contributed by atoms with van der Waals surface area (Å²) in [6.45, 7) is 0. The summed E-state index contributed by atoms with van der Waals surface area (Å²) in [5, 5.41) is 0. The fourth-order valence-corrected chi connectivity index (χ4v) is 6.66. The second-order valence-electron chi connectivity index (χ2n) is 9.75. The van der Waals surface area contributed by atoms with Crippen LogP contribution in [0.4, 0.5) is 5.69 Å². The zero-order valence-electron chi connectivity index (χ0n) is 22.0. The number of hydrogen-bond donors (Lipinski definition) is 0. The molecule has 8 heteroatoms. The maximum absolute atomic E-state index is 14.5. The molecule has 8 nitrogen and oxygen atoms in total. The standard InChI is InChI=1S/C31H27NO7/c1-36-22-15-18(16-23(37-2)27(22)38-3)25-26(30(35)39-4)32-21-12-8-5-9-17(21)13-14-24(32)31(25)28(33)19-10-6-7-11-20(19)29(31)34/h5-16,24-26H,1-4H3/t24-,25-,26+/m0/s1. The number of methoxy groups -OCH3 is 4. The largest absolute Gasteiger partial charge is 0.493 e. The first-order valence-corrected chi connectivity index (χ1v) is 12.6. The van der Waals surface area contributed by atoms with E-state index in [0.29, 0.717) is 33.9 Å². The lowest BCUT2D eigenvalue weighted by atomic mass is 9.64. The molecule has 198 valence electrons. The normalized spacial score (nSPS) is 21.8. The molecule has 0 aromatic heterocycles. The van der Waals surface area contributed by atoms with Gasteiger partial charge < -0.3 is 23.8 Å². The van der Waals surface area contributed by atoms with E-state index in [1.165, 1.54) is 28.4 Å². The summed E-state index contributed by atoms with van der Waals surface area (Å²) in [6, 6.07) is 16.1. The molecular weight excluding hydrogens is 498 g/mol. The smallest absolute Gasteiger partial charge is 0.329 e. The first-order chi connectivity index (χ1) is 18.9. The molecule has 3 atom stereocenters. The van der Waals surface area contributed by atoms with Gasteiger partial charge in [0, 0.05) is 22.7 Å². The van der Waals surface area contributed by atoms with Gasteiger partial charge >= 0.3 is 5.97 Å². The summed E-state index contributed by atoms with van der Waals surface area (Å²) in [7, 11) is 5.80. The van der Waals surface area contributed by atoms with Crippen molar-refractivity contribution in [1.82, 2.24) is 0 Å². The maximum atomic E-state index is 14.5. The number of carbonyl (C=O) groups is 3. The molecular formula is C31H27NO7. The molecule has 2 heterocycles. The van der Waals surface area contributed by atoms with E-state index in [0.717, 1.165) is 11.3 Å². The van der Waals surface area contributed by atoms with E-state index in [2.05, 4.69) is 0 Å². The average molecular weight is 526 g/mol. The molecule has 0 amide bonds. The number of ketones is 2. The van der Waals surface area contributed by atoms with Crippen LogP contribution in [-0.4, -0.2) is 58.1 Å². The number of ether oxygens (including phenoxy) is 4. The number of rotatable bonds is 5. The van der Waals surface area contributed by atoms with Gasteiger partial charge in [-0.1, -0.05) is 54.6 Å². The molecule has 1 saturated heterocycles. The SMILES string of the molecule is COC(=O)[C@H]1[C@H](c2cc(OC)c(OC)c(OC)c2)C2(C(=O)c3ccccc3C2=O)[C@@H]2C=Cc3ccccc3N21. The van der Waals surface area contributed by atoms with Crippen molar-refractivity contribution < 1.29 is 33.3 Å². The zero-order valence-corrected chi connectivity index (χ0v) is 22.0. The molecule has 39 heavy (non-hydrogen) atoms. The topological polar surface area (TPSA) is 91.4 Å². The predicted octanol–water partition coefficient (Wildman–Crippen LogP) is 4.32. The number of benzene rings is 3. The van der Waals surface area contributed by atoms with Gasteiger partial charge in [-0.2, -0.15) is 0 Å². The van der Waals surface area contributed by atoms with Gasteiger partial charge in [0.15, 0.2) is 23.1 Å². The van der Waals surface area contributed by atoms with Gasteiger partial charge in [-0.05, 0) is 29.3 Å². The minimum atomic E-state index is -1.64. The number of carbonyl (C=O) groups excluding carboxylic acids is 3. The van der Waals surface area contributed by atoms with Crippen LogP contribution in [0.1, 0.15) is 37.8 Å². The van der Waals surface area contributed by atoms with Crippen molar-refractivity contribution in [2.75, 3.05) is 33.3 Å². The Morgan fingerprint density at radius 2 is 1.41 bits per heavy atom. The highest BCUT2D eigenvalue weighted by atomic mass is 16.5. The second-order valence-corrected chi connectivity index (χ2v) is 9.75. The first kappa shape index (κ1) is 24.7. The number of fused-ring (bicyclic) bond motifs is 5. The summed E-state index contributed by atoms with van der Waals surface area (Å²) in [4.78, 5) is 44.7. The van der Waals surface area contributed by atoms with Crippen LogP contribution in [0, 0.1) is 5.41 Å². The van der Waals surface area contributed by atoms with Crippen LogP contribution in [0.5, 0.6) is 17.2 Å². The predicted molar refractivity (Wildman–Crippen MR) is 144 cm³/mol. The molecule has 2 aliphatic heterocycles. The monoisotopic (exact) mass is 525 g/mol. The Kier molecular flexibility index (Phi) is 5.71. The Balaban J connectivity index is 1.70. The second kappa shape index (κ2) is 9.01. The summed E-state index contributed by atoms with van der Waals surface area (Å²) in [6.07, 6.45) is 3.77. The molecule has 3 aliphatic rings. The van der Waals surface area contributed by atoms with Crippen LogP contribution >= 0.6 is 0 Å². The molecule has 0 bridgehead atoms. The van der Waals surface area contributed by atoms with E-state index >= 15 is 0 Å². The lowest BCUT2D eigenvalue weighted by Crippen LogP contribution is -2.48. The van der Waals surface area contributed by atoms with Crippen molar-refractivity contribution in [3.63, 3.8) is 0 Å². The molecule has 3 aromatic carbocycles. The van der Waals surface area contributed by atoms with Crippen molar-refractivity contribution in [3.8, 4) is 17.2 Å². The van der Waals surface area contributed by atoms with Gasteiger partial charge in [0.05, 0.1) is 34.5 Å². The van der Waals surface area contributed by atoms with Crippen LogP contribution in [0.15, 0.2) is 66.7 Å². The van der Waals surface area contributed by atoms with E-state index in [1.54, 1.807) is 36.4 Å². The minimum Gasteiger partial charge on any atom is -0.493 e. The van der Waals surface area contributed by atoms with Crippen LogP contribution < -0.4 is 19.1 Å². The van der Waals surface area contributed by atoms with Gasteiger partial charge in [0.2, 0.25) is 5.75 Å². The quantitative estimate of drug-likeness (QED) is 0.359. The van der Waals surface area contributed by atoms with E-state index in [-0.39, 0.29) is 11.6 Å². The molecule has 1 aliphatic carbocycles. The molecule has 0 unspecified atom stereocenters. The lowest BCUT2D eigenvalue weighted by molar-refractivity contribution is -0.142. The molecule has 1 spiro atoms. The highest BCUT2D eigenvalue weighted by molar-refractivity contribution is 6.32. The van der Waals surface area contributed by atoms with Gasteiger partial charge in [0.1, 0.15) is 11.5 Å². The molecule has 0 saturated carbocycles. The molecule has 0 N–H and O–H groups in total. The molecule has 0 radical (unpaired) electrons. The molecule has 1 fully saturated rings. The first-order valence-electron chi connectivity index (χ1n) is 12.6. The number of Topliss-reactive ketones (excluding diaryl/α,β-unsaturated/α-hetero) is 2. The third kappa shape index (κ3) is 3.14. The Morgan fingerprint density at radius 1 is 0.821 bits per heavy atom. The van der Waals surface area contributed by atoms with E-state index < -0.39 is 29.4 Å². The van der Waals surface area contributed by atoms with Gasteiger partial charge in [-0.15, -0.1) is 0 Å². The Bertz CT molecular complexity index is 1500. The third-order valence-electron chi connectivity index (χ3n) is 8.20. The van der Waals surface area contributed by atoms with Crippen LogP contribution in [0.3, 0.4) is 0 Å². The van der Waals surface area contributed by atoms with Crippen molar-refractivity contribution in [2.45, 2.75) is 18.0 Å². The highest BCUT2D eigenvalue weighted by Crippen LogP contribution is 2.61. The van der Waals surface area contributed by atoms with E-state index in [4.69, 9.17) is 18.9 Å². The van der Waals surface area contributed by atoms with Gasteiger partial charge in [-0.3, -0.25) is 9.59 Å². The summed E-state index contributed by atoms with van der Waals surface area (Å²) in [5.41, 5.74) is 1.19. The van der Waals surface area contributed by atoms with Crippen LogP contribution in [0.2, 0.25) is 0 Å². The number of para-hydroxylation sites is 1. The van der Waals surface area contributed by atoms with E-state index in [1.807, 2.05) is 41.3 Å². The van der Waals surface area contributed by atoms with E-state index in [9.17, 15) is 14.4 Å². The minimum absolute atomic E-state index is 0.327. The molecule has 3 aromatic rings. The van der Waals surface area contributed by atoms with Crippen molar-refractivity contribution in [3.05, 3.63) is 89.0 Å². The fraction of sp³-hybridized carbons (Fsp3) is 0.258. The van der Waals surface area contributed by atoms with Crippen LogP contribution in [0.25, 0.3) is 6.08 Å². The maximum Gasteiger partial charge on any atom is 0.329 e. The zero-order chi connectivity index (χ0) is 27.5. The number of hydrogen-bond acceptors (Lipinski definition) is 8. The fourth-order valence-electron chi connectivity index (χ4n) is 6.66. The summed E-state index contributed by atoms with van der Waals surface area (Å²) >= 11 is 0. The van der Waals surface area contributed by atoms with Crippen molar-refractivity contribution in [1.29, 1.82) is 0 Å². The highest BCUT2D eigenvalue weighted by Gasteiger charge is 2.72. The summed E-state index contributed by atoms with van der Waals surface area (Å²) < 4.78 is 22.1. The molecule has 6 rings (SSSR count).